The maximum Gasteiger partial charge on any atom is 0.323 e. The predicted octanol–water partition coefficient (Wildman–Crippen LogP) is -0.459. The number of nitrogens with one attached hydrogen (secondary N) is 1. The van der Waals surface area contributed by atoms with E-state index < -0.39 is 46.1 Å². The third kappa shape index (κ3) is 3.56. The first-order valence-corrected chi connectivity index (χ1v) is 7.64. The lowest BCUT2D eigenvalue weighted by Gasteiger charge is -2.31. The molecule has 1 amide bonds. The SMILES string of the molecule is O=C1CN(S(=O)(=O)Cc2ccc(F)cc2)C(C(=O)O)CN1. The van der Waals surface area contributed by atoms with Crippen LogP contribution in [-0.4, -0.2) is 48.8 Å². The highest BCUT2D eigenvalue weighted by Crippen LogP contribution is 2.16. The molecule has 1 aliphatic heterocycles. The number of amides is 1. The summed E-state index contributed by atoms with van der Waals surface area (Å²) in [5, 5.41) is 11.4. The fourth-order valence-electron chi connectivity index (χ4n) is 2.00. The van der Waals surface area contributed by atoms with Gasteiger partial charge in [-0.3, -0.25) is 9.59 Å². The molecule has 2 N–H and O–H groups in total. The van der Waals surface area contributed by atoms with Crippen LogP contribution in [0, 0.1) is 5.82 Å². The normalized spacial score (nSPS) is 20.0. The van der Waals surface area contributed by atoms with Crippen molar-refractivity contribution >= 4 is 21.9 Å². The van der Waals surface area contributed by atoms with Gasteiger partial charge in [0.15, 0.2) is 0 Å². The van der Waals surface area contributed by atoms with Crippen LogP contribution in [0.25, 0.3) is 0 Å². The van der Waals surface area contributed by atoms with Crippen molar-refractivity contribution in [3.8, 4) is 0 Å². The van der Waals surface area contributed by atoms with Crippen LogP contribution in [0.1, 0.15) is 5.56 Å². The van der Waals surface area contributed by atoms with Crippen LogP contribution < -0.4 is 5.32 Å². The van der Waals surface area contributed by atoms with Gasteiger partial charge in [-0.05, 0) is 17.7 Å². The second-order valence-electron chi connectivity index (χ2n) is 4.59. The number of piperazine rings is 1. The van der Waals surface area contributed by atoms with Gasteiger partial charge < -0.3 is 10.4 Å². The summed E-state index contributed by atoms with van der Waals surface area (Å²) >= 11 is 0. The number of carbonyl (C=O) groups is 2. The zero-order chi connectivity index (χ0) is 15.6. The Morgan fingerprint density at radius 2 is 2.00 bits per heavy atom. The minimum absolute atomic E-state index is 0.281. The lowest BCUT2D eigenvalue weighted by atomic mass is 10.2. The molecular formula is C12H13FN2O5S. The molecule has 0 saturated carbocycles. The predicted molar refractivity (Wildman–Crippen MR) is 70.2 cm³/mol. The van der Waals surface area contributed by atoms with Gasteiger partial charge in [0.05, 0.1) is 12.3 Å². The molecule has 1 fully saturated rings. The number of benzene rings is 1. The Morgan fingerprint density at radius 1 is 1.38 bits per heavy atom. The Labute approximate surface area is 120 Å². The topological polar surface area (TPSA) is 104 Å². The molecule has 0 aromatic heterocycles. The first-order chi connectivity index (χ1) is 9.79. The number of hydrogen-bond donors (Lipinski definition) is 2. The Balaban J connectivity index is 2.25. The van der Waals surface area contributed by atoms with Crippen molar-refractivity contribution < 1.29 is 27.5 Å². The summed E-state index contributed by atoms with van der Waals surface area (Å²) in [7, 11) is -4.01. The van der Waals surface area contributed by atoms with Crippen LogP contribution in [0.2, 0.25) is 0 Å². The smallest absolute Gasteiger partial charge is 0.323 e. The molecule has 0 spiro atoms. The number of nitrogens with zero attached hydrogens (tertiary/aromatic N) is 1. The zero-order valence-electron chi connectivity index (χ0n) is 10.8. The fraction of sp³-hybridized carbons (Fsp3) is 0.333. The summed E-state index contributed by atoms with van der Waals surface area (Å²) < 4.78 is 38.0. The van der Waals surface area contributed by atoms with Gasteiger partial charge in [0.1, 0.15) is 11.9 Å². The number of sulfonamides is 1. The van der Waals surface area contributed by atoms with Crippen LogP contribution in [0.3, 0.4) is 0 Å². The van der Waals surface area contributed by atoms with E-state index in [1.165, 1.54) is 12.1 Å². The number of carboxylic acid groups (broad SMARTS) is 1. The van der Waals surface area contributed by atoms with Gasteiger partial charge in [0.25, 0.3) is 0 Å². The van der Waals surface area contributed by atoms with Crippen LogP contribution in [-0.2, 0) is 25.4 Å². The molecular weight excluding hydrogens is 303 g/mol. The van der Waals surface area contributed by atoms with Gasteiger partial charge in [-0.2, -0.15) is 4.31 Å². The Hall–Kier alpha value is -2.00. The van der Waals surface area contributed by atoms with E-state index in [1.54, 1.807) is 0 Å². The molecule has 2 rings (SSSR count). The van der Waals surface area contributed by atoms with Crippen molar-refractivity contribution in [2.45, 2.75) is 11.8 Å². The summed E-state index contributed by atoms with van der Waals surface area (Å²) in [6.45, 7) is -0.822. The standard InChI is InChI=1S/C12H13FN2O5S/c13-9-3-1-8(2-4-9)7-21(19,20)15-6-11(16)14-5-10(15)12(17)18/h1-4,10H,5-7H2,(H,14,16)(H,17,18). The molecule has 7 nitrogen and oxygen atoms in total. The molecule has 1 aromatic rings. The van der Waals surface area contributed by atoms with Gasteiger partial charge in [0, 0.05) is 6.54 Å². The van der Waals surface area contributed by atoms with Crippen molar-refractivity contribution in [3.05, 3.63) is 35.6 Å². The van der Waals surface area contributed by atoms with E-state index in [9.17, 15) is 22.4 Å². The van der Waals surface area contributed by atoms with E-state index in [4.69, 9.17) is 5.11 Å². The second kappa shape index (κ2) is 5.78. The van der Waals surface area contributed by atoms with Crippen LogP contribution in [0.4, 0.5) is 4.39 Å². The molecule has 1 aromatic carbocycles. The molecule has 1 atom stereocenters. The lowest BCUT2D eigenvalue weighted by molar-refractivity contribution is -0.143. The summed E-state index contributed by atoms with van der Waals surface area (Å²) in [6, 6.07) is 3.48. The molecule has 1 heterocycles. The van der Waals surface area contributed by atoms with E-state index in [2.05, 4.69) is 5.32 Å². The van der Waals surface area contributed by atoms with E-state index >= 15 is 0 Å². The number of carboxylic acids is 1. The molecule has 1 unspecified atom stereocenters. The Kier molecular flexibility index (Phi) is 4.24. The van der Waals surface area contributed by atoms with E-state index in [-0.39, 0.29) is 6.54 Å². The van der Waals surface area contributed by atoms with E-state index in [0.717, 1.165) is 12.1 Å². The largest absolute Gasteiger partial charge is 0.480 e. The average Bonchev–Trinajstić information content (AvgIpc) is 2.41. The first kappa shape index (κ1) is 15.4. The van der Waals surface area contributed by atoms with Crippen LogP contribution >= 0.6 is 0 Å². The number of carbonyl (C=O) groups excluding carboxylic acids is 1. The van der Waals surface area contributed by atoms with Crippen molar-refractivity contribution in [2.24, 2.45) is 0 Å². The number of hydrogen-bond acceptors (Lipinski definition) is 4. The molecule has 21 heavy (non-hydrogen) atoms. The summed E-state index contributed by atoms with van der Waals surface area (Å²) in [5.74, 6) is -2.89. The monoisotopic (exact) mass is 316 g/mol. The van der Waals surface area contributed by atoms with Crippen molar-refractivity contribution in [1.82, 2.24) is 9.62 Å². The number of rotatable bonds is 4. The fourth-order valence-corrected chi connectivity index (χ4v) is 3.64. The lowest BCUT2D eigenvalue weighted by Crippen LogP contribution is -2.59. The highest BCUT2D eigenvalue weighted by molar-refractivity contribution is 7.88. The first-order valence-electron chi connectivity index (χ1n) is 6.03. The third-order valence-corrected chi connectivity index (χ3v) is 4.84. The summed E-state index contributed by atoms with van der Waals surface area (Å²) in [5.41, 5.74) is 0.312. The van der Waals surface area contributed by atoms with Gasteiger partial charge in [-0.1, -0.05) is 12.1 Å². The zero-order valence-corrected chi connectivity index (χ0v) is 11.6. The minimum atomic E-state index is -4.01. The molecule has 0 aliphatic carbocycles. The van der Waals surface area contributed by atoms with Crippen LogP contribution in [0.5, 0.6) is 0 Å². The summed E-state index contributed by atoms with van der Waals surface area (Å²) in [4.78, 5) is 22.4. The number of aliphatic carboxylic acids is 1. The second-order valence-corrected chi connectivity index (χ2v) is 6.51. The molecule has 9 heteroatoms. The van der Waals surface area contributed by atoms with Gasteiger partial charge in [0.2, 0.25) is 15.9 Å². The molecule has 0 radical (unpaired) electrons. The van der Waals surface area contributed by atoms with Gasteiger partial charge in [-0.25, -0.2) is 12.8 Å². The molecule has 114 valence electrons. The maximum atomic E-state index is 12.8. The molecule has 1 aliphatic rings. The van der Waals surface area contributed by atoms with Gasteiger partial charge >= 0.3 is 5.97 Å². The molecule has 0 bridgehead atoms. The molecule has 1 saturated heterocycles. The van der Waals surface area contributed by atoms with E-state index in [0.29, 0.717) is 9.87 Å². The summed E-state index contributed by atoms with van der Waals surface area (Å²) in [6.07, 6.45) is 0. The van der Waals surface area contributed by atoms with Gasteiger partial charge in [-0.15, -0.1) is 0 Å². The minimum Gasteiger partial charge on any atom is -0.480 e. The Bertz CT molecular complexity index is 659. The average molecular weight is 316 g/mol. The van der Waals surface area contributed by atoms with Crippen molar-refractivity contribution in [1.29, 1.82) is 0 Å². The number of halogens is 1. The van der Waals surface area contributed by atoms with Crippen molar-refractivity contribution in [3.63, 3.8) is 0 Å². The highest BCUT2D eigenvalue weighted by Gasteiger charge is 2.39. The third-order valence-electron chi connectivity index (χ3n) is 3.04. The quantitative estimate of drug-likeness (QED) is 0.782. The van der Waals surface area contributed by atoms with Crippen molar-refractivity contribution in [2.75, 3.05) is 13.1 Å². The van der Waals surface area contributed by atoms with Crippen LogP contribution in [0.15, 0.2) is 24.3 Å². The maximum absolute atomic E-state index is 12.8. The van der Waals surface area contributed by atoms with E-state index in [1.807, 2.05) is 0 Å². The highest BCUT2D eigenvalue weighted by atomic mass is 32.2. The Morgan fingerprint density at radius 3 is 2.57 bits per heavy atom.